The first-order chi connectivity index (χ1) is 7.29. The molecule has 0 radical (unpaired) electrons. The molecule has 0 saturated carbocycles. The van der Waals surface area contributed by atoms with Crippen molar-refractivity contribution in [3.63, 3.8) is 0 Å². The van der Waals surface area contributed by atoms with Gasteiger partial charge in [0.05, 0.1) is 0 Å². The van der Waals surface area contributed by atoms with Crippen molar-refractivity contribution in [1.29, 1.82) is 0 Å². The van der Waals surface area contributed by atoms with E-state index in [-0.39, 0.29) is 0 Å². The summed E-state index contributed by atoms with van der Waals surface area (Å²) >= 11 is 0. The smallest absolute Gasteiger partial charge is 0.122 e. The molecular formula is C12H22N2O. The largest absolute Gasteiger partial charge is 0.361 e. The van der Waals surface area contributed by atoms with Crippen LogP contribution in [0, 0.1) is 0 Å². The van der Waals surface area contributed by atoms with E-state index in [1.54, 1.807) is 0 Å². The lowest BCUT2D eigenvalue weighted by Crippen LogP contribution is -2.22. The number of rotatable bonds is 7. The second-order valence-corrected chi connectivity index (χ2v) is 3.70. The van der Waals surface area contributed by atoms with E-state index in [9.17, 15) is 0 Å². The summed E-state index contributed by atoms with van der Waals surface area (Å²) in [7, 11) is 0. The minimum Gasteiger partial charge on any atom is -0.361 e. The van der Waals surface area contributed by atoms with Gasteiger partial charge in [0.2, 0.25) is 0 Å². The summed E-state index contributed by atoms with van der Waals surface area (Å²) in [5.41, 5.74) is 1.29. The zero-order valence-electron chi connectivity index (χ0n) is 9.99. The van der Waals surface area contributed by atoms with Gasteiger partial charge in [0.1, 0.15) is 6.73 Å². The van der Waals surface area contributed by atoms with Crippen LogP contribution >= 0.6 is 0 Å². The van der Waals surface area contributed by atoms with E-state index in [1.807, 2.05) is 6.92 Å². The van der Waals surface area contributed by atoms with Gasteiger partial charge in [-0.1, -0.05) is 6.92 Å². The summed E-state index contributed by atoms with van der Waals surface area (Å²) in [5.74, 6) is 0. The van der Waals surface area contributed by atoms with Gasteiger partial charge in [0.25, 0.3) is 0 Å². The standard InChI is InChI=1S/C12H22N2O/c1-4-8-13-11(3)12-7-6-9-14(12)10-15-5-2/h6-7,9,11,13H,4-5,8,10H2,1-3H3. The SMILES string of the molecule is CCCNC(C)c1cccn1COCC. The van der Waals surface area contributed by atoms with Crippen molar-refractivity contribution in [3.05, 3.63) is 24.0 Å². The third kappa shape index (κ3) is 3.68. The summed E-state index contributed by atoms with van der Waals surface area (Å²) in [5, 5.41) is 3.48. The molecular weight excluding hydrogens is 188 g/mol. The van der Waals surface area contributed by atoms with E-state index >= 15 is 0 Å². The third-order valence-electron chi connectivity index (χ3n) is 2.44. The molecule has 0 fully saturated rings. The fourth-order valence-electron chi connectivity index (χ4n) is 1.59. The monoisotopic (exact) mass is 210 g/mol. The zero-order valence-corrected chi connectivity index (χ0v) is 9.99. The molecule has 0 bridgehead atoms. The van der Waals surface area contributed by atoms with Crippen LogP contribution in [0.2, 0.25) is 0 Å². The van der Waals surface area contributed by atoms with Crippen LogP contribution in [0.1, 0.15) is 38.9 Å². The number of hydrogen-bond acceptors (Lipinski definition) is 2. The highest BCUT2D eigenvalue weighted by Crippen LogP contribution is 2.13. The first kappa shape index (κ1) is 12.3. The Labute approximate surface area is 92.4 Å². The molecule has 1 aromatic heterocycles. The van der Waals surface area contributed by atoms with Crippen LogP contribution in [0.4, 0.5) is 0 Å². The molecule has 0 aliphatic carbocycles. The molecule has 1 unspecified atom stereocenters. The van der Waals surface area contributed by atoms with Gasteiger partial charge in [-0.25, -0.2) is 0 Å². The lowest BCUT2D eigenvalue weighted by atomic mass is 10.2. The highest BCUT2D eigenvalue weighted by Gasteiger charge is 2.08. The molecule has 0 spiro atoms. The molecule has 3 heteroatoms. The average Bonchev–Trinajstić information content (AvgIpc) is 2.71. The maximum absolute atomic E-state index is 5.41. The zero-order chi connectivity index (χ0) is 11.1. The van der Waals surface area contributed by atoms with E-state index in [1.165, 1.54) is 5.69 Å². The van der Waals surface area contributed by atoms with Crippen molar-refractivity contribution in [2.45, 2.75) is 40.0 Å². The van der Waals surface area contributed by atoms with Crippen LogP contribution in [0.5, 0.6) is 0 Å². The molecule has 0 aliphatic rings. The molecule has 15 heavy (non-hydrogen) atoms. The fourth-order valence-corrected chi connectivity index (χ4v) is 1.59. The Balaban J connectivity index is 2.54. The van der Waals surface area contributed by atoms with Crippen molar-refractivity contribution < 1.29 is 4.74 Å². The van der Waals surface area contributed by atoms with Gasteiger partial charge in [-0.3, -0.25) is 0 Å². The number of nitrogens with one attached hydrogen (secondary N) is 1. The lowest BCUT2D eigenvalue weighted by molar-refractivity contribution is 0.0852. The van der Waals surface area contributed by atoms with Crippen molar-refractivity contribution in [1.82, 2.24) is 9.88 Å². The van der Waals surface area contributed by atoms with Crippen LogP contribution < -0.4 is 5.32 Å². The summed E-state index contributed by atoms with van der Waals surface area (Å²) in [4.78, 5) is 0. The Morgan fingerprint density at radius 3 is 2.93 bits per heavy atom. The summed E-state index contributed by atoms with van der Waals surface area (Å²) in [6.45, 7) is 8.85. The van der Waals surface area contributed by atoms with Crippen molar-refractivity contribution >= 4 is 0 Å². The first-order valence-corrected chi connectivity index (χ1v) is 5.75. The number of hydrogen-bond donors (Lipinski definition) is 1. The summed E-state index contributed by atoms with van der Waals surface area (Å²) in [6.07, 6.45) is 3.23. The number of ether oxygens (including phenoxy) is 1. The van der Waals surface area contributed by atoms with Gasteiger partial charge in [0.15, 0.2) is 0 Å². The van der Waals surface area contributed by atoms with Gasteiger partial charge in [0, 0.05) is 24.5 Å². The molecule has 1 rings (SSSR count). The Bertz CT molecular complexity index is 270. The van der Waals surface area contributed by atoms with Crippen LogP contribution in [-0.2, 0) is 11.5 Å². The van der Waals surface area contributed by atoms with Crippen molar-refractivity contribution in [3.8, 4) is 0 Å². The second kappa shape index (κ2) is 6.64. The fraction of sp³-hybridized carbons (Fsp3) is 0.667. The molecule has 0 aromatic carbocycles. The highest BCUT2D eigenvalue weighted by molar-refractivity contribution is 5.10. The first-order valence-electron chi connectivity index (χ1n) is 5.75. The topological polar surface area (TPSA) is 26.2 Å². The minimum absolute atomic E-state index is 0.389. The molecule has 1 N–H and O–H groups in total. The number of nitrogens with zero attached hydrogens (tertiary/aromatic N) is 1. The highest BCUT2D eigenvalue weighted by atomic mass is 16.5. The van der Waals surface area contributed by atoms with Gasteiger partial charge in [-0.05, 0) is 38.9 Å². The normalized spacial score (nSPS) is 13.0. The molecule has 86 valence electrons. The lowest BCUT2D eigenvalue weighted by Gasteiger charge is -2.16. The van der Waals surface area contributed by atoms with Crippen LogP contribution in [0.15, 0.2) is 18.3 Å². The van der Waals surface area contributed by atoms with Gasteiger partial charge in [-0.15, -0.1) is 0 Å². The van der Waals surface area contributed by atoms with Gasteiger partial charge >= 0.3 is 0 Å². The molecule has 1 atom stereocenters. The molecule has 0 saturated heterocycles. The van der Waals surface area contributed by atoms with Crippen molar-refractivity contribution in [2.24, 2.45) is 0 Å². The molecule has 1 aromatic rings. The Morgan fingerprint density at radius 1 is 1.47 bits per heavy atom. The van der Waals surface area contributed by atoms with E-state index < -0.39 is 0 Å². The van der Waals surface area contributed by atoms with Crippen molar-refractivity contribution in [2.75, 3.05) is 13.2 Å². The molecule has 0 amide bonds. The maximum Gasteiger partial charge on any atom is 0.122 e. The van der Waals surface area contributed by atoms with Crippen LogP contribution in [-0.4, -0.2) is 17.7 Å². The Kier molecular flexibility index (Phi) is 5.43. The molecule has 3 nitrogen and oxygen atoms in total. The summed E-state index contributed by atoms with van der Waals surface area (Å²) in [6, 6.07) is 4.60. The van der Waals surface area contributed by atoms with E-state index in [0.717, 1.165) is 19.6 Å². The summed E-state index contributed by atoms with van der Waals surface area (Å²) < 4.78 is 7.56. The predicted molar refractivity (Wildman–Crippen MR) is 62.8 cm³/mol. The number of aromatic nitrogens is 1. The maximum atomic E-state index is 5.41. The van der Waals surface area contributed by atoms with E-state index in [0.29, 0.717) is 12.8 Å². The Hall–Kier alpha value is -0.800. The van der Waals surface area contributed by atoms with Gasteiger partial charge < -0.3 is 14.6 Å². The quantitative estimate of drug-likeness (QED) is 0.748. The van der Waals surface area contributed by atoms with Gasteiger partial charge in [-0.2, -0.15) is 0 Å². The second-order valence-electron chi connectivity index (χ2n) is 3.70. The predicted octanol–water partition coefficient (Wildman–Crippen LogP) is 2.54. The van der Waals surface area contributed by atoms with E-state index in [2.05, 4.69) is 42.1 Å². The molecule has 0 aliphatic heterocycles. The van der Waals surface area contributed by atoms with Crippen LogP contribution in [0.3, 0.4) is 0 Å². The third-order valence-corrected chi connectivity index (χ3v) is 2.44. The van der Waals surface area contributed by atoms with Crippen LogP contribution in [0.25, 0.3) is 0 Å². The van der Waals surface area contributed by atoms with E-state index in [4.69, 9.17) is 4.74 Å². The Morgan fingerprint density at radius 2 is 2.27 bits per heavy atom. The average molecular weight is 210 g/mol. The minimum atomic E-state index is 0.389. The molecule has 1 heterocycles.